The van der Waals surface area contributed by atoms with Gasteiger partial charge in [-0.3, -0.25) is 9.59 Å². The number of anilines is 2. The third-order valence-electron chi connectivity index (χ3n) is 9.85. The van der Waals surface area contributed by atoms with Crippen LogP contribution in [-0.4, -0.2) is 71.6 Å². The smallest absolute Gasteiger partial charge is 0.412 e. The third kappa shape index (κ3) is 8.16. The van der Waals surface area contributed by atoms with E-state index in [0.717, 1.165) is 44.9 Å². The van der Waals surface area contributed by atoms with Crippen LogP contribution in [0.1, 0.15) is 42.3 Å². The molecule has 0 saturated carbocycles. The maximum atomic E-state index is 14.4. The Bertz CT molecular complexity index is 2610. The summed E-state index contributed by atoms with van der Waals surface area (Å²) in [5, 5.41) is 6.64. The molecule has 0 fully saturated rings. The number of rotatable bonds is 12. The Labute approximate surface area is 355 Å². The fourth-order valence-electron chi connectivity index (χ4n) is 7.47. The number of benzene rings is 4. The predicted octanol–water partition coefficient (Wildman–Crippen LogP) is 10.1. The SMILES string of the molecule is CP(=O)(O)Oc1cc2c(c3ccccc13)C(CCl)CN2C(=O)c1ccc(C(=O)N2CC(CCl)c3c2cc(OC(=O)NCCSSc2ccccn2)c2ccccc32)s1. The Morgan fingerprint density at radius 2 is 1.36 bits per heavy atom. The number of hydrogen-bond acceptors (Lipinski definition) is 10. The largest absolute Gasteiger partial charge is 0.424 e. The molecule has 8 rings (SSSR count). The molecule has 0 spiro atoms. The van der Waals surface area contributed by atoms with Gasteiger partial charge in [-0.1, -0.05) is 65.4 Å². The summed E-state index contributed by atoms with van der Waals surface area (Å²) in [5.41, 5.74) is 2.84. The van der Waals surface area contributed by atoms with E-state index in [1.165, 1.54) is 10.8 Å². The standard InChI is InChI=1S/C41H35Cl2N4O7PS3/c1-55(51,52)54-33-19-31-38(29-11-5-3-9-27(29)33)25(21-43)23-47(31)40(49)35-14-13-34(57-35)39(48)46-22-24(20-42)37-28-10-4-2-8-26(28)32(18-30(37)46)53-41(50)45-16-17-56-58-36-12-6-7-15-44-36/h2-15,18-19,24-25H,16-17,20-23H2,1H3,(H,45,50)(H,51,52). The van der Waals surface area contributed by atoms with Crippen LogP contribution in [0.5, 0.6) is 11.5 Å². The highest BCUT2D eigenvalue weighted by atomic mass is 35.5. The van der Waals surface area contributed by atoms with Crippen molar-refractivity contribution in [1.82, 2.24) is 10.3 Å². The van der Waals surface area contributed by atoms with Crippen molar-refractivity contribution in [3.8, 4) is 11.5 Å². The van der Waals surface area contributed by atoms with Crippen molar-refractivity contribution in [3.63, 3.8) is 0 Å². The van der Waals surface area contributed by atoms with Gasteiger partial charge in [-0.15, -0.1) is 34.5 Å². The summed E-state index contributed by atoms with van der Waals surface area (Å²) in [5.74, 6) is 0.536. The number of ether oxygens (including phenoxy) is 1. The van der Waals surface area contributed by atoms with Crippen LogP contribution >= 0.6 is 63.7 Å². The zero-order chi connectivity index (χ0) is 40.6. The number of thiophene rings is 1. The molecule has 0 aliphatic carbocycles. The molecule has 2 aliphatic heterocycles. The van der Waals surface area contributed by atoms with Crippen LogP contribution in [0.3, 0.4) is 0 Å². The zero-order valence-electron chi connectivity index (χ0n) is 30.8. The van der Waals surface area contributed by atoms with Crippen LogP contribution in [0.15, 0.2) is 102 Å². The molecule has 4 aromatic carbocycles. The van der Waals surface area contributed by atoms with E-state index in [1.807, 2.05) is 60.7 Å². The lowest BCUT2D eigenvalue weighted by atomic mass is 9.95. The number of hydrogen-bond donors (Lipinski definition) is 2. The Kier molecular flexibility index (Phi) is 12.0. The molecule has 2 N–H and O–H groups in total. The van der Waals surface area contributed by atoms with Crippen LogP contribution in [-0.2, 0) is 4.57 Å². The Hall–Kier alpha value is -4.27. The van der Waals surface area contributed by atoms with Crippen LogP contribution < -0.4 is 24.4 Å². The first-order valence-corrected chi connectivity index (χ1v) is 24.4. The normalized spacial score (nSPS) is 16.9. The van der Waals surface area contributed by atoms with E-state index in [0.29, 0.717) is 56.5 Å². The first-order valence-electron chi connectivity index (χ1n) is 18.2. The third-order valence-corrected chi connectivity index (χ3v) is 14.5. The van der Waals surface area contributed by atoms with Gasteiger partial charge in [-0.05, 0) is 57.0 Å². The molecule has 2 aliphatic rings. The van der Waals surface area contributed by atoms with Crippen molar-refractivity contribution in [2.45, 2.75) is 16.9 Å². The predicted molar refractivity (Wildman–Crippen MR) is 235 cm³/mol. The van der Waals surface area contributed by atoms with Gasteiger partial charge in [0, 0.05) is 84.7 Å². The maximum Gasteiger partial charge on any atom is 0.412 e. The molecule has 3 atom stereocenters. The highest BCUT2D eigenvalue weighted by Crippen LogP contribution is 2.50. The summed E-state index contributed by atoms with van der Waals surface area (Å²) in [4.78, 5) is 60.0. The molecule has 0 bridgehead atoms. The number of alkyl halides is 2. The first kappa shape index (κ1) is 40.5. The molecule has 3 amide bonds. The van der Waals surface area contributed by atoms with Crippen molar-refractivity contribution >= 4 is 115 Å². The van der Waals surface area contributed by atoms with Gasteiger partial charge in [0.2, 0.25) is 0 Å². The van der Waals surface area contributed by atoms with E-state index < -0.39 is 13.7 Å². The van der Waals surface area contributed by atoms with Gasteiger partial charge in [0.15, 0.2) is 0 Å². The molecule has 2 aromatic heterocycles. The average Bonchev–Trinajstić information content (AvgIpc) is 3.96. The van der Waals surface area contributed by atoms with Crippen LogP contribution in [0, 0.1) is 0 Å². The minimum Gasteiger partial charge on any atom is -0.424 e. The summed E-state index contributed by atoms with van der Waals surface area (Å²) in [6.07, 6.45) is 1.11. The Balaban J connectivity index is 1.04. The van der Waals surface area contributed by atoms with E-state index in [4.69, 9.17) is 32.5 Å². The second kappa shape index (κ2) is 17.1. The minimum atomic E-state index is -3.94. The first-order chi connectivity index (χ1) is 28.0. The van der Waals surface area contributed by atoms with E-state index in [-0.39, 0.29) is 47.7 Å². The summed E-state index contributed by atoms with van der Waals surface area (Å²) in [6, 6.07) is 27.2. The molecule has 6 aromatic rings. The lowest BCUT2D eigenvalue weighted by molar-refractivity contribution is 0.0986. The highest BCUT2D eigenvalue weighted by Gasteiger charge is 2.38. The number of carbonyl (C=O) groups excluding carboxylic acids is 3. The molecule has 58 heavy (non-hydrogen) atoms. The Morgan fingerprint density at radius 1 is 0.828 bits per heavy atom. The number of fused-ring (bicyclic) bond motifs is 6. The van der Waals surface area contributed by atoms with Gasteiger partial charge in [0.25, 0.3) is 11.8 Å². The number of nitrogens with zero attached hydrogens (tertiary/aromatic N) is 3. The van der Waals surface area contributed by atoms with E-state index >= 15 is 0 Å². The fourth-order valence-corrected chi connectivity index (χ4v) is 11.2. The minimum absolute atomic E-state index is 0.183. The molecule has 4 heterocycles. The second-order valence-electron chi connectivity index (χ2n) is 13.7. The monoisotopic (exact) mass is 892 g/mol. The van der Waals surface area contributed by atoms with Crippen molar-refractivity contribution in [3.05, 3.63) is 118 Å². The molecular formula is C41H35Cl2N4O7PS3. The average molecular weight is 894 g/mol. The van der Waals surface area contributed by atoms with Gasteiger partial charge in [-0.25, -0.2) is 14.3 Å². The topological polar surface area (TPSA) is 138 Å². The quantitative estimate of drug-likeness (QED) is 0.0528. The van der Waals surface area contributed by atoms with Gasteiger partial charge < -0.3 is 29.3 Å². The van der Waals surface area contributed by atoms with Crippen LogP contribution in [0.4, 0.5) is 16.2 Å². The molecule has 298 valence electrons. The van der Waals surface area contributed by atoms with Gasteiger partial charge in [0.1, 0.15) is 16.5 Å². The highest BCUT2D eigenvalue weighted by molar-refractivity contribution is 8.76. The van der Waals surface area contributed by atoms with Crippen LogP contribution in [0.2, 0.25) is 0 Å². The van der Waals surface area contributed by atoms with E-state index in [9.17, 15) is 23.8 Å². The number of pyridine rings is 1. The molecule has 3 unspecified atom stereocenters. The van der Waals surface area contributed by atoms with Crippen molar-refractivity contribution in [2.75, 3.05) is 53.6 Å². The summed E-state index contributed by atoms with van der Waals surface area (Å²) >= 11 is 14.1. The molecule has 17 heteroatoms. The number of nitrogens with one attached hydrogen (secondary N) is 1. The number of carbonyl (C=O) groups is 3. The van der Waals surface area contributed by atoms with Crippen LogP contribution in [0.25, 0.3) is 21.5 Å². The summed E-state index contributed by atoms with van der Waals surface area (Å²) in [6.45, 7) is 2.05. The lowest BCUT2D eigenvalue weighted by Gasteiger charge is -2.20. The summed E-state index contributed by atoms with van der Waals surface area (Å²) < 4.78 is 23.8. The van der Waals surface area contributed by atoms with Crippen molar-refractivity contribution in [2.24, 2.45) is 0 Å². The van der Waals surface area contributed by atoms with E-state index in [2.05, 4.69) is 10.3 Å². The van der Waals surface area contributed by atoms with Crippen molar-refractivity contribution < 1.29 is 33.1 Å². The number of amides is 3. The summed E-state index contributed by atoms with van der Waals surface area (Å²) in [7, 11) is -0.849. The second-order valence-corrected chi connectivity index (χ2v) is 19.6. The van der Waals surface area contributed by atoms with E-state index in [1.54, 1.807) is 57.1 Å². The van der Waals surface area contributed by atoms with Gasteiger partial charge >= 0.3 is 13.7 Å². The van der Waals surface area contributed by atoms with Gasteiger partial charge in [0.05, 0.1) is 21.1 Å². The van der Waals surface area contributed by atoms with Gasteiger partial charge in [-0.2, -0.15) is 0 Å². The molecule has 0 radical (unpaired) electrons. The maximum absolute atomic E-state index is 14.4. The zero-order valence-corrected chi connectivity index (χ0v) is 35.7. The van der Waals surface area contributed by atoms with Crippen molar-refractivity contribution in [1.29, 1.82) is 0 Å². The molecule has 0 saturated heterocycles. The lowest BCUT2D eigenvalue weighted by Crippen LogP contribution is -2.30. The fraction of sp³-hybridized carbons (Fsp3) is 0.220. The molecular weight excluding hydrogens is 859 g/mol. The number of halogens is 2. The molecule has 11 nitrogen and oxygen atoms in total. The number of aromatic nitrogens is 1. The Morgan fingerprint density at radius 3 is 1.90 bits per heavy atom.